The van der Waals surface area contributed by atoms with E-state index in [1.807, 2.05) is 13.8 Å². The van der Waals surface area contributed by atoms with Crippen molar-refractivity contribution in [3.8, 4) is 5.75 Å². The topological polar surface area (TPSA) is 75.6 Å². The number of amides is 1. The molecule has 138 valence electrons. The van der Waals surface area contributed by atoms with E-state index in [0.29, 0.717) is 5.56 Å². The maximum absolute atomic E-state index is 12.4. The maximum Gasteiger partial charge on any atom is 0.387 e. The third kappa shape index (κ3) is 5.02. The molecule has 0 heterocycles. The van der Waals surface area contributed by atoms with E-state index >= 15 is 0 Å². The number of aryl methyl sites for hydroxylation is 2. The van der Waals surface area contributed by atoms with Gasteiger partial charge in [0.2, 0.25) is 5.91 Å². The zero-order valence-corrected chi connectivity index (χ0v) is 14.3. The van der Waals surface area contributed by atoms with Crippen LogP contribution in [0.3, 0.4) is 0 Å². The fraction of sp³-hybridized carbons (Fsp3) is 0.263. The average molecular weight is 363 g/mol. The Balaban J connectivity index is 2.16. The van der Waals surface area contributed by atoms with Gasteiger partial charge in [0.05, 0.1) is 6.42 Å². The van der Waals surface area contributed by atoms with Gasteiger partial charge < -0.3 is 15.2 Å². The number of para-hydroxylation sites is 1. The molecule has 26 heavy (non-hydrogen) atoms. The van der Waals surface area contributed by atoms with Gasteiger partial charge in [-0.25, -0.2) is 4.79 Å². The summed E-state index contributed by atoms with van der Waals surface area (Å²) in [5.74, 6) is -1.93. The van der Waals surface area contributed by atoms with Crippen LogP contribution in [0.2, 0.25) is 0 Å². The molecule has 0 saturated carbocycles. The second-order valence-electron chi connectivity index (χ2n) is 5.85. The lowest BCUT2D eigenvalue weighted by Crippen LogP contribution is -2.34. The van der Waals surface area contributed by atoms with Crippen molar-refractivity contribution in [1.82, 2.24) is 5.32 Å². The maximum atomic E-state index is 12.4. The Morgan fingerprint density at radius 3 is 2.42 bits per heavy atom. The molecule has 0 radical (unpaired) electrons. The van der Waals surface area contributed by atoms with Gasteiger partial charge in [-0.3, -0.25) is 4.79 Å². The lowest BCUT2D eigenvalue weighted by Gasteiger charge is -2.17. The molecule has 0 spiro atoms. The third-order valence-electron chi connectivity index (χ3n) is 3.96. The molecule has 2 rings (SSSR count). The number of halogens is 2. The van der Waals surface area contributed by atoms with Crippen molar-refractivity contribution in [2.24, 2.45) is 0 Å². The molecule has 0 aliphatic rings. The van der Waals surface area contributed by atoms with Crippen molar-refractivity contribution >= 4 is 11.9 Å². The number of nitrogens with one attached hydrogen (secondary N) is 1. The Labute approximate surface area is 149 Å². The third-order valence-corrected chi connectivity index (χ3v) is 3.96. The second kappa shape index (κ2) is 8.42. The number of alkyl halides is 2. The van der Waals surface area contributed by atoms with Crippen molar-refractivity contribution in [3.05, 3.63) is 64.7 Å². The van der Waals surface area contributed by atoms with Gasteiger partial charge in [0.25, 0.3) is 0 Å². The number of carbonyl (C=O) groups is 2. The van der Waals surface area contributed by atoms with Crippen molar-refractivity contribution in [2.75, 3.05) is 0 Å². The van der Waals surface area contributed by atoms with E-state index in [2.05, 4.69) is 10.1 Å². The number of benzene rings is 2. The normalized spacial score (nSPS) is 11.9. The molecule has 5 nitrogen and oxygen atoms in total. The predicted molar refractivity (Wildman–Crippen MR) is 91.2 cm³/mol. The highest BCUT2D eigenvalue weighted by Crippen LogP contribution is 2.22. The number of hydrogen-bond donors (Lipinski definition) is 2. The number of carboxylic acid groups (broad SMARTS) is 1. The standard InChI is InChI=1S/C19H19F2NO4/c1-11-7-8-14(9-12(11)2)17(18(24)25)22-16(23)10-13-5-3-4-6-15(13)26-19(20)21/h3-9,17,19H,10H2,1-2H3,(H,22,23)(H,24,25). The Hall–Kier alpha value is -2.96. The summed E-state index contributed by atoms with van der Waals surface area (Å²) in [6, 6.07) is 9.77. The summed E-state index contributed by atoms with van der Waals surface area (Å²) in [6.45, 7) is 0.728. The average Bonchev–Trinajstić information content (AvgIpc) is 2.56. The van der Waals surface area contributed by atoms with Gasteiger partial charge in [-0.15, -0.1) is 0 Å². The first-order valence-electron chi connectivity index (χ1n) is 7.90. The van der Waals surface area contributed by atoms with E-state index in [-0.39, 0.29) is 17.7 Å². The van der Waals surface area contributed by atoms with E-state index in [0.717, 1.165) is 11.1 Å². The zero-order valence-electron chi connectivity index (χ0n) is 14.3. The predicted octanol–water partition coefficient (Wildman–Crippen LogP) is 3.39. The molecule has 1 unspecified atom stereocenters. The highest BCUT2D eigenvalue weighted by atomic mass is 19.3. The van der Waals surface area contributed by atoms with Crippen LogP contribution in [0.25, 0.3) is 0 Å². The van der Waals surface area contributed by atoms with Gasteiger partial charge in [0.15, 0.2) is 6.04 Å². The van der Waals surface area contributed by atoms with Crippen molar-refractivity contribution in [2.45, 2.75) is 32.9 Å². The van der Waals surface area contributed by atoms with Crippen LogP contribution in [0.15, 0.2) is 42.5 Å². The van der Waals surface area contributed by atoms with Crippen LogP contribution in [0.5, 0.6) is 5.75 Å². The summed E-state index contributed by atoms with van der Waals surface area (Å²) in [7, 11) is 0. The molecule has 0 aliphatic heterocycles. The number of aliphatic carboxylic acids is 1. The Morgan fingerprint density at radius 1 is 1.12 bits per heavy atom. The van der Waals surface area contributed by atoms with Crippen LogP contribution in [0.1, 0.15) is 28.3 Å². The highest BCUT2D eigenvalue weighted by molar-refractivity contribution is 5.86. The van der Waals surface area contributed by atoms with Gasteiger partial charge >= 0.3 is 12.6 Å². The molecule has 0 aromatic heterocycles. The van der Waals surface area contributed by atoms with E-state index in [1.165, 1.54) is 18.2 Å². The monoisotopic (exact) mass is 363 g/mol. The Kier molecular flexibility index (Phi) is 6.27. The van der Waals surface area contributed by atoms with Crippen LogP contribution in [0, 0.1) is 13.8 Å². The summed E-state index contributed by atoms with van der Waals surface area (Å²) >= 11 is 0. The van der Waals surface area contributed by atoms with E-state index in [1.54, 1.807) is 24.3 Å². The van der Waals surface area contributed by atoms with Gasteiger partial charge in [0.1, 0.15) is 5.75 Å². The number of hydrogen-bond acceptors (Lipinski definition) is 3. The van der Waals surface area contributed by atoms with Crippen LogP contribution >= 0.6 is 0 Å². The van der Waals surface area contributed by atoms with Crippen molar-refractivity contribution in [3.63, 3.8) is 0 Å². The van der Waals surface area contributed by atoms with Gasteiger partial charge in [0, 0.05) is 5.56 Å². The molecule has 0 saturated heterocycles. The fourth-order valence-electron chi connectivity index (χ4n) is 2.48. The summed E-state index contributed by atoms with van der Waals surface area (Å²) in [5.41, 5.74) is 2.58. The van der Waals surface area contributed by atoms with Crippen LogP contribution in [-0.2, 0) is 16.0 Å². The summed E-state index contributed by atoms with van der Waals surface area (Å²) in [5, 5.41) is 11.9. The van der Waals surface area contributed by atoms with Crippen molar-refractivity contribution in [1.29, 1.82) is 0 Å². The SMILES string of the molecule is Cc1ccc(C(NC(=O)Cc2ccccc2OC(F)F)C(=O)O)cc1C. The summed E-state index contributed by atoms with van der Waals surface area (Å²) in [4.78, 5) is 23.8. The molecule has 0 fully saturated rings. The molecule has 1 atom stereocenters. The molecule has 2 aromatic carbocycles. The second-order valence-corrected chi connectivity index (χ2v) is 5.85. The number of ether oxygens (including phenoxy) is 1. The molecule has 2 N–H and O–H groups in total. The molecular formula is C19H19F2NO4. The summed E-state index contributed by atoms with van der Waals surface area (Å²) < 4.78 is 29.3. The van der Waals surface area contributed by atoms with Crippen LogP contribution < -0.4 is 10.1 Å². The van der Waals surface area contributed by atoms with Gasteiger partial charge in [-0.1, -0.05) is 36.4 Å². The molecular weight excluding hydrogens is 344 g/mol. The first-order chi connectivity index (χ1) is 12.3. The first kappa shape index (κ1) is 19.4. The van der Waals surface area contributed by atoms with Crippen LogP contribution in [0.4, 0.5) is 8.78 Å². The smallest absolute Gasteiger partial charge is 0.387 e. The van der Waals surface area contributed by atoms with Gasteiger partial charge in [-0.2, -0.15) is 8.78 Å². The minimum absolute atomic E-state index is 0.115. The number of rotatable bonds is 7. The lowest BCUT2D eigenvalue weighted by molar-refractivity contribution is -0.142. The van der Waals surface area contributed by atoms with E-state index in [9.17, 15) is 23.5 Å². The zero-order chi connectivity index (χ0) is 19.3. The van der Waals surface area contributed by atoms with E-state index < -0.39 is 24.5 Å². The Morgan fingerprint density at radius 2 is 1.81 bits per heavy atom. The first-order valence-corrected chi connectivity index (χ1v) is 7.90. The van der Waals surface area contributed by atoms with Crippen molar-refractivity contribution < 1.29 is 28.2 Å². The van der Waals surface area contributed by atoms with Gasteiger partial charge in [-0.05, 0) is 36.6 Å². The van der Waals surface area contributed by atoms with E-state index in [4.69, 9.17) is 0 Å². The molecule has 0 aliphatic carbocycles. The van der Waals surface area contributed by atoms with Crippen LogP contribution in [-0.4, -0.2) is 23.6 Å². The minimum Gasteiger partial charge on any atom is -0.479 e. The quantitative estimate of drug-likeness (QED) is 0.791. The molecule has 2 aromatic rings. The lowest BCUT2D eigenvalue weighted by atomic mass is 10.0. The fourth-order valence-corrected chi connectivity index (χ4v) is 2.48. The molecule has 7 heteroatoms. The number of carbonyl (C=O) groups excluding carboxylic acids is 1. The Bertz CT molecular complexity index is 808. The number of carboxylic acids is 1. The minimum atomic E-state index is -3.01. The highest BCUT2D eigenvalue weighted by Gasteiger charge is 2.23. The molecule has 1 amide bonds. The molecule has 0 bridgehead atoms. The largest absolute Gasteiger partial charge is 0.479 e. The summed E-state index contributed by atoms with van der Waals surface area (Å²) in [6.07, 6.45) is -0.280.